The van der Waals surface area contributed by atoms with Crippen molar-refractivity contribution < 1.29 is 13.5 Å². The maximum Gasteiger partial charge on any atom is 0.265 e. The van der Waals surface area contributed by atoms with Crippen LogP contribution in [-0.4, -0.2) is 72.9 Å². The molecule has 0 bridgehead atoms. The van der Waals surface area contributed by atoms with Gasteiger partial charge in [0.05, 0.1) is 6.61 Å². The second-order valence-electron chi connectivity index (χ2n) is 7.79. The molecule has 10 heteroatoms. The van der Waals surface area contributed by atoms with E-state index in [-0.39, 0.29) is 24.9 Å². The predicted molar refractivity (Wildman–Crippen MR) is 108 cm³/mol. The van der Waals surface area contributed by atoms with Crippen LogP contribution in [0, 0.1) is 0 Å². The Kier molecular flexibility index (Phi) is 6.38. The number of hydrazone groups is 1. The van der Waals surface area contributed by atoms with Gasteiger partial charge < -0.3 is 15.0 Å². The molecule has 0 aromatic heterocycles. The van der Waals surface area contributed by atoms with Gasteiger partial charge in [-0.3, -0.25) is 16.1 Å². The molecule has 3 aliphatic rings. The topological polar surface area (TPSA) is 78.2 Å². The fraction of sp³-hybridized carbons (Fsp3) is 0.632. The van der Waals surface area contributed by atoms with Crippen LogP contribution in [-0.2, 0) is 11.2 Å². The number of nitrogens with zero attached hydrogens (tertiary/aromatic N) is 3. The number of alkyl halides is 2. The average Bonchev–Trinajstić information content (AvgIpc) is 3.16. The molecule has 0 aliphatic carbocycles. The first-order chi connectivity index (χ1) is 14.0. The second kappa shape index (κ2) is 8.99. The third-order valence-corrected chi connectivity index (χ3v) is 6.11. The lowest BCUT2D eigenvalue weighted by Gasteiger charge is -2.46. The molecule has 7 nitrogen and oxygen atoms in total. The fourth-order valence-corrected chi connectivity index (χ4v) is 4.44. The molecule has 0 spiro atoms. The van der Waals surface area contributed by atoms with Gasteiger partial charge in [0.2, 0.25) is 5.96 Å². The number of morpholine rings is 1. The van der Waals surface area contributed by atoms with Gasteiger partial charge in [-0.25, -0.2) is 8.78 Å². The lowest BCUT2D eigenvalue weighted by atomic mass is 9.96. The van der Waals surface area contributed by atoms with E-state index < -0.39 is 12.5 Å². The molecule has 2 fully saturated rings. The van der Waals surface area contributed by atoms with Gasteiger partial charge in [0.1, 0.15) is 6.10 Å². The van der Waals surface area contributed by atoms with Crippen LogP contribution >= 0.6 is 11.6 Å². The summed E-state index contributed by atoms with van der Waals surface area (Å²) in [6.07, 6.45) is -1.36. The molecule has 0 radical (unpaired) electrons. The average molecular weight is 429 g/mol. The second-order valence-corrected chi connectivity index (χ2v) is 8.23. The maximum atomic E-state index is 13.3. The van der Waals surface area contributed by atoms with Crippen molar-refractivity contribution in [2.45, 2.75) is 50.2 Å². The van der Waals surface area contributed by atoms with Crippen LogP contribution < -0.4 is 16.5 Å². The number of piperidine rings is 1. The van der Waals surface area contributed by atoms with Gasteiger partial charge in [0.15, 0.2) is 6.29 Å². The Balaban J connectivity index is 1.41. The first-order valence-corrected chi connectivity index (χ1v) is 10.4. The molecule has 3 heterocycles. The Bertz CT molecular complexity index is 713. The first-order valence-electron chi connectivity index (χ1n) is 10.00. The molecule has 3 unspecified atom stereocenters. The molecular formula is C19H27ClF2N6O. The summed E-state index contributed by atoms with van der Waals surface area (Å²) < 4.78 is 32.2. The SMILES string of the molecule is NC1NN=C(N2CCC(N3CC(C(F)F)OCC3Cc3ccc(Cl)cc3)CC2)N1. The lowest BCUT2D eigenvalue weighted by molar-refractivity contribution is -0.136. The zero-order chi connectivity index (χ0) is 20.4. The summed E-state index contributed by atoms with van der Waals surface area (Å²) in [5, 5.41) is 7.98. The number of benzene rings is 1. The van der Waals surface area contributed by atoms with Crippen LogP contribution in [0.5, 0.6) is 0 Å². The highest BCUT2D eigenvalue weighted by Crippen LogP contribution is 2.27. The summed E-state index contributed by atoms with van der Waals surface area (Å²) in [5.74, 6) is 0.751. The van der Waals surface area contributed by atoms with Crippen LogP contribution in [0.2, 0.25) is 5.02 Å². The summed E-state index contributed by atoms with van der Waals surface area (Å²) in [6, 6.07) is 8.00. The van der Waals surface area contributed by atoms with Gasteiger partial charge in [0.25, 0.3) is 6.43 Å². The molecule has 160 valence electrons. The van der Waals surface area contributed by atoms with Crippen molar-refractivity contribution in [3.8, 4) is 0 Å². The van der Waals surface area contributed by atoms with Gasteiger partial charge >= 0.3 is 0 Å². The molecule has 0 saturated carbocycles. The zero-order valence-corrected chi connectivity index (χ0v) is 16.9. The Morgan fingerprint density at radius 1 is 1.24 bits per heavy atom. The minimum absolute atomic E-state index is 0.0692. The number of hydrogen-bond acceptors (Lipinski definition) is 7. The van der Waals surface area contributed by atoms with E-state index in [0.29, 0.717) is 11.6 Å². The van der Waals surface area contributed by atoms with Crippen molar-refractivity contribution in [3.05, 3.63) is 34.9 Å². The maximum absolute atomic E-state index is 13.3. The van der Waals surface area contributed by atoms with Crippen molar-refractivity contribution in [1.29, 1.82) is 0 Å². The van der Waals surface area contributed by atoms with Crippen molar-refractivity contribution in [3.63, 3.8) is 0 Å². The summed E-state index contributed by atoms with van der Waals surface area (Å²) >= 11 is 5.99. The lowest BCUT2D eigenvalue weighted by Crippen LogP contribution is -2.59. The van der Waals surface area contributed by atoms with Crippen LogP contribution in [0.4, 0.5) is 8.78 Å². The third kappa shape index (κ3) is 4.91. The van der Waals surface area contributed by atoms with E-state index in [1.807, 2.05) is 24.3 Å². The summed E-state index contributed by atoms with van der Waals surface area (Å²) in [6.45, 7) is 2.17. The van der Waals surface area contributed by atoms with Gasteiger partial charge in [-0.05, 0) is 37.0 Å². The molecule has 1 aromatic rings. The van der Waals surface area contributed by atoms with Gasteiger partial charge in [-0.2, -0.15) is 0 Å². The van der Waals surface area contributed by atoms with E-state index in [1.165, 1.54) is 0 Å². The molecule has 3 aliphatic heterocycles. The molecule has 2 saturated heterocycles. The quantitative estimate of drug-likeness (QED) is 0.672. The monoisotopic (exact) mass is 428 g/mol. The number of nitrogens with one attached hydrogen (secondary N) is 2. The van der Waals surface area contributed by atoms with E-state index >= 15 is 0 Å². The van der Waals surface area contributed by atoms with Crippen LogP contribution in [0.15, 0.2) is 29.4 Å². The van der Waals surface area contributed by atoms with Gasteiger partial charge in [-0.15, -0.1) is 5.10 Å². The highest BCUT2D eigenvalue weighted by molar-refractivity contribution is 6.30. The Morgan fingerprint density at radius 3 is 2.59 bits per heavy atom. The zero-order valence-electron chi connectivity index (χ0n) is 16.1. The molecule has 3 atom stereocenters. The smallest absolute Gasteiger partial charge is 0.265 e. The molecule has 4 rings (SSSR count). The largest absolute Gasteiger partial charge is 0.369 e. The Labute approximate surface area is 174 Å². The number of rotatable bonds is 4. The predicted octanol–water partition coefficient (Wildman–Crippen LogP) is 1.39. The van der Waals surface area contributed by atoms with Gasteiger partial charge in [0, 0.05) is 36.7 Å². The summed E-state index contributed by atoms with van der Waals surface area (Å²) in [4.78, 5) is 4.38. The van der Waals surface area contributed by atoms with E-state index in [0.717, 1.165) is 43.9 Å². The normalized spacial score (nSPS) is 28.9. The third-order valence-electron chi connectivity index (χ3n) is 5.86. The number of hydrogen-bond donors (Lipinski definition) is 3. The summed E-state index contributed by atoms with van der Waals surface area (Å²) in [7, 11) is 0. The number of guanidine groups is 1. The highest BCUT2D eigenvalue weighted by atomic mass is 35.5. The highest BCUT2D eigenvalue weighted by Gasteiger charge is 2.38. The number of halogens is 3. The van der Waals surface area contributed by atoms with E-state index in [2.05, 4.69) is 25.6 Å². The summed E-state index contributed by atoms with van der Waals surface area (Å²) in [5.41, 5.74) is 9.68. The fourth-order valence-electron chi connectivity index (χ4n) is 4.31. The van der Waals surface area contributed by atoms with Crippen LogP contribution in [0.1, 0.15) is 18.4 Å². The first kappa shape index (κ1) is 20.6. The number of likely N-dealkylation sites (tertiary alicyclic amines) is 1. The van der Waals surface area contributed by atoms with Crippen molar-refractivity contribution >= 4 is 17.6 Å². The molecule has 1 aromatic carbocycles. The number of nitrogens with two attached hydrogens (primary N) is 1. The Hall–Kier alpha value is -1.68. The minimum atomic E-state index is -2.47. The van der Waals surface area contributed by atoms with Gasteiger partial charge in [-0.1, -0.05) is 23.7 Å². The van der Waals surface area contributed by atoms with Crippen LogP contribution in [0.3, 0.4) is 0 Å². The van der Waals surface area contributed by atoms with E-state index in [1.54, 1.807) is 0 Å². The number of ether oxygens (including phenoxy) is 1. The van der Waals surface area contributed by atoms with Crippen molar-refractivity contribution in [2.24, 2.45) is 10.8 Å². The molecular weight excluding hydrogens is 402 g/mol. The van der Waals surface area contributed by atoms with Crippen molar-refractivity contribution in [1.82, 2.24) is 20.5 Å². The molecule has 29 heavy (non-hydrogen) atoms. The standard InChI is InChI=1S/C19H27ClF2N6O/c20-13-3-1-12(2-4-13)9-15-11-29-16(17(21)22)10-28(15)14-5-7-27(8-6-14)19-24-18(23)25-26-19/h1-4,14-18,25H,5-11,23H2,(H,24,26). The van der Waals surface area contributed by atoms with E-state index in [9.17, 15) is 8.78 Å². The molecule has 0 amide bonds. The molecule has 4 N–H and O–H groups in total. The van der Waals surface area contributed by atoms with E-state index in [4.69, 9.17) is 22.1 Å². The minimum Gasteiger partial charge on any atom is -0.369 e. The van der Waals surface area contributed by atoms with Crippen LogP contribution in [0.25, 0.3) is 0 Å². The van der Waals surface area contributed by atoms with Crippen molar-refractivity contribution in [2.75, 3.05) is 26.2 Å². The Morgan fingerprint density at radius 2 is 1.97 bits per heavy atom.